The molecular weight excluding hydrogens is 168 g/mol. The Bertz CT molecular complexity index is 186. The van der Waals surface area contributed by atoms with Crippen LogP contribution in [0, 0.1) is 5.41 Å². The molecule has 4 heteroatoms. The molecule has 2 aliphatic heterocycles. The Labute approximate surface area is 78.4 Å². The second kappa shape index (κ2) is 3.20. The molecule has 0 saturated carbocycles. The lowest BCUT2D eigenvalue weighted by Gasteiger charge is -2.53. The second-order valence-corrected chi connectivity index (χ2v) is 4.28. The third kappa shape index (κ3) is 1.29. The summed E-state index contributed by atoms with van der Waals surface area (Å²) in [4.78, 5) is 0. The van der Waals surface area contributed by atoms with Crippen molar-refractivity contribution in [3.05, 3.63) is 0 Å². The van der Waals surface area contributed by atoms with Gasteiger partial charge in [0.2, 0.25) is 0 Å². The highest BCUT2D eigenvalue weighted by Crippen LogP contribution is 2.40. The van der Waals surface area contributed by atoms with E-state index in [2.05, 4.69) is 5.32 Å². The molecule has 1 unspecified atom stereocenters. The van der Waals surface area contributed by atoms with E-state index < -0.39 is 5.60 Å². The number of rotatable bonds is 2. The summed E-state index contributed by atoms with van der Waals surface area (Å²) in [5, 5.41) is 13.4. The lowest BCUT2D eigenvalue weighted by molar-refractivity contribution is -0.166. The molecule has 2 aliphatic rings. The van der Waals surface area contributed by atoms with Crippen LogP contribution in [0.5, 0.6) is 0 Å². The summed E-state index contributed by atoms with van der Waals surface area (Å²) in [5.74, 6) is 0. The molecule has 2 rings (SSSR count). The minimum absolute atomic E-state index is 0.198. The molecule has 0 bridgehead atoms. The van der Waals surface area contributed by atoms with Crippen LogP contribution >= 0.6 is 0 Å². The molecule has 4 N–H and O–H groups in total. The van der Waals surface area contributed by atoms with Gasteiger partial charge < -0.3 is 20.9 Å². The number of β-amino-alcohol motifs (C(OH)–C–C–N with tert-alkyl or cyclic N) is 1. The molecule has 0 aromatic carbocycles. The van der Waals surface area contributed by atoms with Crippen molar-refractivity contribution in [3.63, 3.8) is 0 Å². The van der Waals surface area contributed by atoms with Crippen molar-refractivity contribution in [2.75, 3.05) is 32.8 Å². The van der Waals surface area contributed by atoms with Gasteiger partial charge in [-0.15, -0.1) is 0 Å². The van der Waals surface area contributed by atoms with Gasteiger partial charge >= 0.3 is 0 Å². The molecule has 0 spiro atoms. The molecule has 76 valence electrons. The molecule has 4 nitrogen and oxygen atoms in total. The lowest BCUT2D eigenvalue weighted by atomic mass is 9.65. The van der Waals surface area contributed by atoms with E-state index in [1.807, 2.05) is 0 Å². The third-order valence-corrected chi connectivity index (χ3v) is 3.54. The molecule has 2 saturated heterocycles. The summed E-state index contributed by atoms with van der Waals surface area (Å²) in [6.45, 7) is 3.26. The van der Waals surface area contributed by atoms with E-state index >= 15 is 0 Å². The van der Waals surface area contributed by atoms with Gasteiger partial charge in [-0.05, 0) is 12.8 Å². The molecule has 0 aliphatic carbocycles. The normalized spacial score (nSPS) is 38.3. The number of hydrogen-bond donors (Lipinski definition) is 3. The Morgan fingerprint density at radius 2 is 2.23 bits per heavy atom. The number of nitrogens with two attached hydrogens (primary N) is 1. The molecule has 13 heavy (non-hydrogen) atoms. The fourth-order valence-corrected chi connectivity index (χ4v) is 2.31. The summed E-state index contributed by atoms with van der Waals surface area (Å²) in [7, 11) is 0. The minimum atomic E-state index is -0.623. The van der Waals surface area contributed by atoms with Gasteiger partial charge in [0.05, 0.1) is 12.2 Å². The predicted molar refractivity (Wildman–Crippen MR) is 49.4 cm³/mol. The second-order valence-electron chi connectivity index (χ2n) is 4.28. The molecule has 0 aromatic rings. The van der Waals surface area contributed by atoms with Crippen LogP contribution in [0.3, 0.4) is 0 Å². The first kappa shape index (κ1) is 9.40. The van der Waals surface area contributed by atoms with Crippen molar-refractivity contribution >= 4 is 0 Å². The zero-order valence-electron chi connectivity index (χ0n) is 7.88. The third-order valence-electron chi connectivity index (χ3n) is 3.54. The molecule has 0 aromatic heterocycles. The molecular formula is C9H18N2O2. The standard InChI is InChI=1S/C9H18N2O2/c10-4-8(2-1-3-13-7-8)9(12)5-11-6-9/h11-12H,1-7,10H2. The van der Waals surface area contributed by atoms with E-state index in [0.717, 1.165) is 19.4 Å². The summed E-state index contributed by atoms with van der Waals surface area (Å²) < 4.78 is 5.43. The van der Waals surface area contributed by atoms with E-state index in [4.69, 9.17) is 10.5 Å². The summed E-state index contributed by atoms with van der Waals surface area (Å²) in [6, 6.07) is 0. The lowest BCUT2D eigenvalue weighted by Crippen LogP contribution is -2.72. The molecule has 2 fully saturated rings. The quantitative estimate of drug-likeness (QED) is 0.521. The highest BCUT2D eigenvalue weighted by atomic mass is 16.5. The van der Waals surface area contributed by atoms with Gasteiger partial charge in [-0.25, -0.2) is 0 Å². The van der Waals surface area contributed by atoms with Gasteiger partial charge in [-0.3, -0.25) is 0 Å². The topological polar surface area (TPSA) is 67.5 Å². The van der Waals surface area contributed by atoms with E-state index in [1.165, 1.54) is 0 Å². The Balaban J connectivity index is 2.12. The fraction of sp³-hybridized carbons (Fsp3) is 1.00. The van der Waals surface area contributed by atoms with Crippen LogP contribution in [0.1, 0.15) is 12.8 Å². The monoisotopic (exact) mass is 186 g/mol. The first-order chi connectivity index (χ1) is 6.22. The van der Waals surface area contributed by atoms with Gasteiger partial charge in [0, 0.05) is 31.7 Å². The Morgan fingerprint density at radius 1 is 1.46 bits per heavy atom. The van der Waals surface area contributed by atoms with Crippen LogP contribution in [0.25, 0.3) is 0 Å². The summed E-state index contributed by atoms with van der Waals surface area (Å²) >= 11 is 0. The molecule has 1 atom stereocenters. The van der Waals surface area contributed by atoms with E-state index in [9.17, 15) is 5.11 Å². The average Bonchev–Trinajstić information content (AvgIpc) is 2.15. The van der Waals surface area contributed by atoms with Gasteiger partial charge in [0.1, 0.15) is 0 Å². The van der Waals surface area contributed by atoms with Crippen molar-refractivity contribution in [1.82, 2.24) is 5.32 Å². The maximum absolute atomic E-state index is 10.3. The van der Waals surface area contributed by atoms with Gasteiger partial charge in [0.25, 0.3) is 0 Å². The molecule has 2 heterocycles. The smallest absolute Gasteiger partial charge is 0.0984 e. The number of hydrogen-bond acceptors (Lipinski definition) is 4. The summed E-state index contributed by atoms with van der Waals surface area (Å²) in [6.07, 6.45) is 2.00. The maximum atomic E-state index is 10.3. The van der Waals surface area contributed by atoms with Crippen molar-refractivity contribution in [3.8, 4) is 0 Å². The van der Waals surface area contributed by atoms with Crippen LogP contribution in [0.4, 0.5) is 0 Å². The van der Waals surface area contributed by atoms with E-state index in [1.54, 1.807) is 0 Å². The Morgan fingerprint density at radius 3 is 2.62 bits per heavy atom. The summed E-state index contributed by atoms with van der Waals surface area (Å²) in [5.41, 5.74) is 4.95. The highest BCUT2D eigenvalue weighted by Gasteiger charge is 2.53. The van der Waals surface area contributed by atoms with E-state index in [-0.39, 0.29) is 5.41 Å². The minimum Gasteiger partial charge on any atom is -0.387 e. The van der Waals surface area contributed by atoms with Crippen molar-refractivity contribution < 1.29 is 9.84 Å². The molecule has 0 amide bonds. The first-order valence-corrected chi connectivity index (χ1v) is 4.93. The Kier molecular flexibility index (Phi) is 2.32. The van der Waals surface area contributed by atoms with Crippen LogP contribution < -0.4 is 11.1 Å². The van der Waals surface area contributed by atoms with Crippen molar-refractivity contribution in [2.24, 2.45) is 11.1 Å². The zero-order chi connectivity index (χ0) is 9.36. The number of aliphatic hydroxyl groups is 1. The van der Waals surface area contributed by atoms with Crippen LogP contribution in [0.2, 0.25) is 0 Å². The Hall–Kier alpha value is -0.160. The van der Waals surface area contributed by atoms with Crippen molar-refractivity contribution in [2.45, 2.75) is 18.4 Å². The predicted octanol–water partition coefficient (Wildman–Crippen LogP) is -0.924. The van der Waals surface area contributed by atoms with Crippen LogP contribution in [-0.4, -0.2) is 43.6 Å². The zero-order valence-corrected chi connectivity index (χ0v) is 7.88. The van der Waals surface area contributed by atoms with Crippen LogP contribution in [-0.2, 0) is 4.74 Å². The number of ether oxygens (including phenoxy) is 1. The first-order valence-electron chi connectivity index (χ1n) is 4.93. The van der Waals surface area contributed by atoms with Crippen LogP contribution in [0.15, 0.2) is 0 Å². The van der Waals surface area contributed by atoms with Gasteiger partial charge in [0.15, 0.2) is 0 Å². The van der Waals surface area contributed by atoms with Gasteiger partial charge in [-0.2, -0.15) is 0 Å². The van der Waals surface area contributed by atoms with Gasteiger partial charge in [-0.1, -0.05) is 0 Å². The SMILES string of the molecule is NCC1(C2(O)CNC2)CCCOC1. The highest BCUT2D eigenvalue weighted by molar-refractivity contribution is 5.08. The fourth-order valence-electron chi connectivity index (χ4n) is 2.31. The average molecular weight is 186 g/mol. The number of nitrogens with one attached hydrogen (secondary N) is 1. The largest absolute Gasteiger partial charge is 0.387 e. The van der Waals surface area contributed by atoms with E-state index in [0.29, 0.717) is 26.2 Å². The maximum Gasteiger partial charge on any atom is 0.0984 e. The molecule has 0 radical (unpaired) electrons. The van der Waals surface area contributed by atoms with Crippen molar-refractivity contribution in [1.29, 1.82) is 0 Å².